The number of morpholine rings is 1. The normalized spacial score (nSPS) is 16.2. The molecule has 2 aliphatic rings. The van der Waals surface area contributed by atoms with Crippen LogP contribution in [0.5, 0.6) is 5.88 Å². The van der Waals surface area contributed by atoms with Crippen LogP contribution in [0.4, 0.5) is 16.0 Å². The predicted octanol–water partition coefficient (Wildman–Crippen LogP) is 3.15. The predicted molar refractivity (Wildman–Crippen MR) is 179 cm³/mol. The van der Waals surface area contributed by atoms with Gasteiger partial charge in [-0.3, -0.25) is 14.5 Å². The van der Waals surface area contributed by atoms with Crippen molar-refractivity contribution in [2.75, 3.05) is 82.6 Å². The zero-order valence-electron chi connectivity index (χ0n) is 27.1. The smallest absolute Gasteiger partial charge is 0.337 e. The first-order valence-corrected chi connectivity index (χ1v) is 17.5. The second kappa shape index (κ2) is 14.4. The van der Waals surface area contributed by atoms with E-state index in [1.165, 1.54) is 32.5 Å². The van der Waals surface area contributed by atoms with Gasteiger partial charge in [-0.25, -0.2) is 32.6 Å². The Labute approximate surface area is 278 Å². The summed E-state index contributed by atoms with van der Waals surface area (Å²) in [6.07, 6.45) is 2.57. The van der Waals surface area contributed by atoms with E-state index >= 15 is 4.39 Å². The fourth-order valence-corrected chi connectivity index (χ4v) is 6.53. The number of benzene rings is 2. The number of rotatable bonds is 10. The highest BCUT2D eigenvalue weighted by Crippen LogP contribution is 2.35. The van der Waals surface area contributed by atoms with Gasteiger partial charge in [0.05, 0.1) is 50.5 Å². The first-order chi connectivity index (χ1) is 23.1. The van der Waals surface area contributed by atoms with Gasteiger partial charge in [0.2, 0.25) is 21.9 Å². The summed E-state index contributed by atoms with van der Waals surface area (Å²) < 4.78 is 57.7. The van der Waals surface area contributed by atoms with Crippen LogP contribution in [0.3, 0.4) is 0 Å². The Morgan fingerprint density at radius 2 is 1.65 bits per heavy atom. The number of hydrogen-bond donors (Lipinski definition) is 1. The van der Waals surface area contributed by atoms with Crippen molar-refractivity contribution in [3.63, 3.8) is 0 Å². The van der Waals surface area contributed by atoms with Crippen LogP contribution in [-0.2, 0) is 32.6 Å². The Kier molecular flexibility index (Phi) is 10.0. The maximum atomic E-state index is 15.4. The SMILES string of the molecule is COC(=O)c1ccc(CN2CCN(Cc3cc(F)cc4c(-c5cnc(OC)c(NS(C)(=O)=O)c5)nc(N5CCOCC5)nc34)CC2)cc1. The third kappa shape index (κ3) is 7.81. The fraction of sp³-hybridized carbons (Fsp3) is 0.394. The standard InChI is InChI=1S/C33H38FN7O6S/c1-45-31-28(38-48(3,43)44)17-24(19-35-31)29-27-18-26(34)16-25(30(27)37-33(36-29)41-12-14-47-15-13-41)21-40-10-8-39(9-11-40)20-22-4-6-23(7-5-22)32(42)46-2/h4-7,16-19,38H,8-15,20-21H2,1-3H3. The molecule has 0 radical (unpaired) electrons. The molecular formula is C33H38FN7O6S. The molecule has 13 nitrogen and oxygen atoms in total. The van der Waals surface area contributed by atoms with Gasteiger partial charge in [-0.05, 0) is 41.5 Å². The minimum Gasteiger partial charge on any atom is -0.480 e. The van der Waals surface area contributed by atoms with Crippen molar-refractivity contribution < 1.29 is 31.8 Å². The second-order valence-electron chi connectivity index (χ2n) is 11.8. The minimum absolute atomic E-state index is 0.0974. The van der Waals surface area contributed by atoms with Crippen molar-refractivity contribution >= 4 is 38.5 Å². The first-order valence-electron chi connectivity index (χ1n) is 15.6. The lowest BCUT2D eigenvalue weighted by Crippen LogP contribution is -2.45. The minimum atomic E-state index is -3.64. The number of hydrogen-bond acceptors (Lipinski definition) is 12. The van der Waals surface area contributed by atoms with Gasteiger partial charge in [-0.15, -0.1) is 0 Å². The molecule has 48 heavy (non-hydrogen) atoms. The lowest BCUT2D eigenvalue weighted by Gasteiger charge is -2.35. The number of esters is 1. The van der Waals surface area contributed by atoms with Crippen LogP contribution in [0.1, 0.15) is 21.5 Å². The highest BCUT2D eigenvalue weighted by Gasteiger charge is 2.24. The molecule has 0 amide bonds. The van der Waals surface area contributed by atoms with Crippen LogP contribution in [0.2, 0.25) is 0 Å². The first kappa shape index (κ1) is 33.5. The van der Waals surface area contributed by atoms with Gasteiger partial charge in [0, 0.05) is 69.5 Å². The molecule has 2 saturated heterocycles. The van der Waals surface area contributed by atoms with E-state index in [0.717, 1.165) is 50.1 Å². The van der Waals surface area contributed by atoms with Crippen LogP contribution >= 0.6 is 0 Å². The molecule has 6 rings (SSSR count). The second-order valence-corrected chi connectivity index (χ2v) is 13.6. The molecule has 1 N–H and O–H groups in total. The number of nitrogens with one attached hydrogen (secondary N) is 1. The van der Waals surface area contributed by atoms with E-state index in [2.05, 4.69) is 19.5 Å². The Morgan fingerprint density at radius 3 is 2.29 bits per heavy atom. The third-order valence-electron chi connectivity index (χ3n) is 8.38. The number of carbonyl (C=O) groups excluding carboxylic acids is 1. The van der Waals surface area contributed by atoms with E-state index in [0.29, 0.717) is 66.5 Å². The molecule has 0 saturated carbocycles. The number of aromatic nitrogens is 3. The number of piperazine rings is 1. The van der Waals surface area contributed by atoms with Gasteiger partial charge >= 0.3 is 5.97 Å². The molecule has 2 aromatic heterocycles. The summed E-state index contributed by atoms with van der Waals surface area (Å²) in [4.78, 5) is 32.6. The molecule has 0 atom stereocenters. The highest BCUT2D eigenvalue weighted by molar-refractivity contribution is 7.92. The monoisotopic (exact) mass is 679 g/mol. The topological polar surface area (TPSA) is 139 Å². The number of nitrogens with zero attached hydrogens (tertiary/aromatic N) is 6. The zero-order chi connectivity index (χ0) is 33.8. The van der Waals surface area contributed by atoms with Gasteiger partial charge in [0.1, 0.15) is 11.5 Å². The summed E-state index contributed by atoms with van der Waals surface area (Å²) in [6.45, 7) is 6.66. The molecule has 4 heterocycles. The zero-order valence-corrected chi connectivity index (χ0v) is 27.9. The van der Waals surface area contributed by atoms with Crippen molar-refractivity contribution in [1.29, 1.82) is 0 Å². The molecule has 254 valence electrons. The van der Waals surface area contributed by atoms with Gasteiger partial charge in [-0.2, -0.15) is 0 Å². The molecular weight excluding hydrogens is 641 g/mol. The van der Waals surface area contributed by atoms with Gasteiger partial charge in [0.25, 0.3) is 0 Å². The number of fused-ring (bicyclic) bond motifs is 1. The summed E-state index contributed by atoms with van der Waals surface area (Å²) in [5, 5.41) is 0.494. The van der Waals surface area contributed by atoms with E-state index in [9.17, 15) is 13.2 Å². The number of pyridine rings is 1. The molecule has 2 fully saturated rings. The molecule has 0 spiro atoms. The largest absolute Gasteiger partial charge is 0.480 e. The van der Waals surface area contributed by atoms with E-state index in [1.807, 2.05) is 17.0 Å². The average Bonchev–Trinajstić information content (AvgIpc) is 3.08. The van der Waals surface area contributed by atoms with Gasteiger partial charge in [-0.1, -0.05) is 12.1 Å². The number of sulfonamides is 1. The number of ether oxygens (including phenoxy) is 3. The lowest BCUT2D eigenvalue weighted by molar-refractivity contribution is 0.0600. The number of carbonyl (C=O) groups is 1. The van der Waals surface area contributed by atoms with Crippen molar-refractivity contribution in [2.24, 2.45) is 0 Å². The summed E-state index contributed by atoms with van der Waals surface area (Å²) in [7, 11) is -0.877. The van der Waals surface area contributed by atoms with Crippen molar-refractivity contribution in [1.82, 2.24) is 24.8 Å². The molecule has 2 aliphatic heterocycles. The van der Waals surface area contributed by atoms with Crippen molar-refractivity contribution in [3.8, 4) is 17.1 Å². The van der Waals surface area contributed by atoms with E-state index in [-0.39, 0.29) is 17.5 Å². The Morgan fingerprint density at radius 1 is 0.958 bits per heavy atom. The summed E-state index contributed by atoms with van der Waals surface area (Å²) in [6, 6.07) is 12.0. The molecule has 4 aromatic rings. The Bertz CT molecular complexity index is 1900. The van der Waals surface area contributed by atoms with E-state index < -0.39 is 15.8 Å². The lowest BCUT2D eigenvalue weighted by atomic mass is 10.0. The van der Waals surface area contributed by atoms with Crippen molar-refractivity contribution in [3.05, 3.63) is 71.2 Å². The van der Waals surface area contributed by atoms with E-state index in [1.54, 1.807) is 18.2 Å². The number of halogens is 1. The summed E-state index contributed by atoms with van der Waals surface area (Å²) in [5.41, 5.74) is 4.02. The third-order valence-corrected chi connectivity index (χ3v) is 8.97. The average molecular weight is 680 g/mol. The van der Waals surface area contributed by atoms with Crippen LogP contribution < -0.4 is 14.4 Å². The van der Waals surface area contributed by atoms with Crippen molar-refractivity contribution in [2.45, 2.75) is 13.1 Å². The molecule has 0 aliphatic carbocycles. The highest BCUT2D eigenvalue weighted by atomic mass is 32.2. The van der Waals surface area contributed by atoms with Crippen LogP contribution in [-0.4, -0.2) is 112 Å². The van der Waals surface area contributed by atoms with Crippen LogP contribution in [0.25, 0.3) is 22.2 Å². The van der Waals surface area contributed by atoms with Gasteiger partial charge in [0.15, 0.2) is 0 Å². The van der Waals surface area contributed by atoms with E-state index in [4.69, 9.17) is 24.2 Å². The Hall–Kier alpha value is -4.44. The van der Waals surface area contributed by atoms with Gasteiger partial charge < -0.3 is 19.1 Å². The maximum absolute atomic E-state index is 15.4. The summed E-state index contributed by atoms with van der Waals surface area (Å²) in [5.74, 6) is -0.208. The maximum Gasteiger partial charge on any atom is 0.337 e. The Balaban J connectivity index is 1.29. The number of anilines is 2. The van der Waals surface area contributed by atoms with Crippen LogP contribution in [0, 0.1) is 5.82 Å². The number of methoxy groups -OCH3 is 2. The summed E-state index contributed by atoms with van der Waals surface area (Å²) >= 11 is 0. The quantitative estimate of drug-likeness (QED) is 0.247. The van der Waals surface area contributed by atoms with Crippen LogP contribution in [0.15, 0.2) is 48.7 Å². The molecule has 0 bridgehead atoms. The molecule has 2 aromatic carbocycles. The fourth-order valence-electron chi connectivity index (χ4n) is 5.98. The molecule has 15 heteroatoms. The molecule has 0 unspecified atom stereocenters.